The summed E-state index contributed by atoms with van der Waals surface area (Å²) in [5.74, 6) is -31.0. The minimum absolute atomic E-state index is 0.00460. The van der Waals surface area contributed by atoms with Gasteiger partial charge in [0.15, 0.2) is 12.2 Å². The number of nitrogens with one attached hydrogen (secondary N) is 13. The van der Waals surface area contributed by atoms with Crippen molar-refractivity contribution in [3.05, 3.63) is 36.0 Å². The number of carboxylic acid groups (broad SMARTS) is 4. The Labute approximate surface area is 672 Å². The molecule has 4 unspecified atom stereocenters. The SMILES string of the molecule is CCCCCCCCCC(=O)N[C@@H](Cc1c[nH]c2ccccc12)C(=O)N[C@H](CCC(=O)O)C(=O)N[C@H](C(=O)N[C@@H]1C(=O)N(C)CC(=O)N[C@@H](C)C(=O)N[C@@H](CC(=O)O)C(=O)N[C@H](CCCCN)C(=O)N[C@@H](C(OC)C(=O)O)C(=O)NCC(=O)N[C@H](CC(N)=O)C(=O)NC([C@@H](C)CC(=O)O)C(=O)N[C@@H](C(C)CC)C(=O)O[C@@H]1C)C(O)C(N)=O. The van der Waals surface area contributed by atoms with Gasteiger partial charge in [0.1, 0.15) is 72.6 Å². The van der Waals surface area contributed by atoms with Crippen LogP contribution in [0.1, 0.15) is 156 Å². The van der Waals surface area contributed by atoms with E-state index >= 15 is 4.79 Å². The number of nitrogens with zero attached hydrogens (tertiary/aromatic N) is 1. The van der Waals surface area contributed by atoms with Gasteiger partial charge < -0.3 is 126 Å². The number of carbonyl (C=O) groups excluding carboxylic acids is 16. The van der Waals surface area contributed by atoms with Crippen LogP contribution in [-0.2, 0) is 112 Å². The zero-order chi connectivity index (χ0) is 88.1. The summed E-state index contributed by atoms with van der Waals surface area (Å²) < 4.78 is 10.8. The molecule has 0 saturated carbocycles. The lowest BCUT2D eigenvalue weighted by Gasteiger charge is -2.33. The maximum atomic E-state index is 15.0. The number of benzene rings is 1. The van der Waals surface area contributed by atoms with E-state index in [1.54, 1.807) is 30.5 Å². The molecule has 1 aromatic carbocycles. The molecule has 0 spiro atoms. The summed E-state index contributed by atoms with van der Waals surface area (Å²) in [6.07, 6.45) is -5.03. The first-order chi connectivity index (χ1) is 55.1. The molecule has 1 aliphatic heterocycles. The first kappa shape index (κ1) is 99.2. The maximum Gasteiger partial charge on any atom is 0.335 e. The number of carbonyl (C=O) groups is 20. The van der Waals surface area contributed by atoms with Crippen LogP contribution in [0.5, 0.6) is 0 Å². The Hall–Kier alpha value is -12.0. The molecule has 15 amide bonds. The molecule has 1 fully saturated rings. The van der Waals surface area contributed by atoms with Crippen LogP contribution in [0.25, 0.3) is 10.9 Å². The lowest BCUT2D eigenvalue weighted by molar-refractivity contribution is -0.159. The Morgan fingerprint density at radius 1 is 0.624 bits per heavy atom. The van der Waals surface area contributed by atoms with E-state index in [0.29, 0.717) is 34.2 Å². The van der Waals surface area contributed by atoms with Crippen LogP contribution >= 0.6 is 0 Å². The number of ether oxygens (including phenoxy) is 2. The summed E-state index contributed by atoms with van der Waals surface area (Å²) >= 11 is 0. The number of carboxylic acids is 4. The van der Waals surface area contributed by atoms with Gasteiger partial charge in [-0.15, -0.1) is 0 Å². The van der Waals surface area contributed by atoms with Gasteiger partial charge in [0.05, 0.1) is 32.4 Å². The van der Waals surface area contributed by atoms with Gasteiger partial charge in [0, 0.05) is 50.5 Å². The van der Waals surface area contributed by atoms with Crippen molar-refractivity contribution < 1.29 is 131 Å². The first-order valence-corrected chi connectivity index (χ1v) is 38.1. The predicted molar refractivity (Wildman–Crippen MR) is 408 cm³/mol. The van der Waals surface area contributed by atoms with Gasteiger partial charge in [-0.25, -0.2) is 9.59 Å². The number of rotatable bonds is 38. The fraction of sp³-hybridized carbons (Fsp3) is 0.616. The Morgan fingerprint density at radius 2 is 1.22 bits per heavy atom. The Kier molecular flexibility index (Phi) is 42.2. The molecule has 0 bridgehead atoms. The van der Waals surface area contributed by atoms with Crippen molar-refractivity contribution in [2.24, 2.45) is 29.0 Å². The number of aromatic nitrogens is 1. The number of aromatic amines is 1. The first-order valence-electron chi connectivity index (χ1n) is 38.1. The van der Waals surface area contributed by atoms with Crippen LogP contribution in [0.15, 0.2) is 30.5 Å². The standard InChI is InChI=1S/C73H111N17O27/c1-9-11-12-13-14-15-16-24-48(92)80-44(29-39-32-77-41-22-18-17-21-40(39)41)65(106)83-43(25-26-51(95)96)64(105)88-57(59(101)61(76)102)70(111)87-56-38(6)117-73(115)55(35(3)10-2)86-69(110)54(36(4)28-52(97)98)85-67(108)45(30-47(75)91)81-49(93)33-78-68(109)58(60(116-8)72(113)114)89-63(104)42(23-19-20-27-74)82-66(107)46(31-53(99)100)84-62(103)37(5)79-50(94)34-90(7)71(56)112/h17-18,21-22,32,35-38,42-46,54-60,77,101H,9-16,19-20,23-31,33-34,74H2,1-8H3,(H2,75,91)(H2,76,102)(H,78,109)(H,79,94)(H,80,92)(H,81,93)(H,82,107)(H,83,106)(H,84,103)(H,85,108)(H,86,110)(H,87,111)(H,88,105)(H,89,104)(H,95,96)(H,97,98)(H,99,100)(H,113,114)/t35?,36-,37-,38+,42+,43+,44-,45+,46-,54?,55-,56-,57-,58-,59?,60?/m0/s1. The number of hydrogen-bond acceptors (Lipinski definition) is 24. The summed E-state index contributed by atoms with van der Waals surface area (Å²) in [6.45, 7) is 5.66. The van der Waals surface area contributed by atoms with Crippen LogP contribution in [0.3, 0.4) is 0 Å². The van der Waals surface area contributed by atoms with Crippen molar-refractivity contribution in [2.75, 3.05) is 33.8 Å². The number of likely N-dealkylation sites (N-methyl/N-ethyl adjacent to an activating group) is 1. The molecule has 2 heterocycles. The number of unbranched alkanes of at least 4 members (excludes halogenated alkanes) is 7. The van der Waals surface area contributed by atoms with Crippen molar-refractivity contribution in [1.29, 1.82) is 0 Å². The van der Waals surface area contributed by atoms with E-state index in [9.17, 15) is 117 Å². The molecular weight excluding hydrogens is 1550 g/mol. The minimum atomic E-state index is -2.80. The van der Waals surface area contributed by atoms with E-state index in [2.05, 4.69) is 65.1 Å². The van der Waals surface area contributed by atoms with Crippen LogP contribution < -0.4 is 81.0 Å². The van der Waals surface area contributed by atoms with Crippen LogP contribution in [0, 0.1) is 11.8 Å². The highest BCUT2D eigenvalue weighted by molar-refractivity contribution is 6.03. The van der Waals surface area contributed by atoms with E-state index in [0.717, 1.165) is 67.0 Å². The van der Waals surface area contributed by atoms with Crippen LogP contribution in [0.2, 0.25) is 0 Å². The zero-order valence-corrected chi connectivity index (χ0v) is 66.4. The van der Waals surface area contributed by atoms with E-state index < -0.39 is 260 Å². The lowest BCUT2D eigenvalue weighted by Crippen LogP contribution is -2.64. The highest BCUT2D eigenvalue weighted by Gasteiger charge is 2.44. The van der Waals surface area contributed by atoms with E-state index in [4.69, 9.17) is 26.7 Å². The number of fused-ring (bicyclic) bond motifs is 1. The molecule has 117 heavy (non-hydrogen) atoms. The van der Waals surface area contributed by atoms with Gasteiger partial charge in [-0.3, -0.25) is 86.3 Å². The molecule has 2 aromatic rings. The molecule has 1 saturated heterocycles. The second-order valence-electron chi connectivity index (χ2n) is 28.4. The maximum absolute atomic E-state index is 15.0. The summed E-state index contributed by atoms with van der Waals surface area (Å²) in [4.78, 5) is 278. The highest BCUT2D eigenvalue weighted by atomic mass is 16.5. The third kappa shape index (κ3) is 33.4. The molecule has 0 aliphatic carbocycles. The second kappa shape index (κ2) is 49.7. The number of cyclic esters (lactones) is 1. The summed E-state index contributed by atoms with van der Waals surface area (Å²) in [7, 11) is 1.70. The second-order valence-corrected chi connectivity index (χ2v) is 28.4. The molecule has 44 nitrogen and oxygen atoms in total. The van der Waals surface area contributed by atoms with E-state index in [1.165, 1.54) is 13.8 Å². The van der Waals surface area contributed by atoms with Gasteiger partial charge in [-0.1, -0.05) is 90.8 Å². The zero-order valence-electron chi connectivity index (χ0n) is 66.4. The average Bonchev–Trinajstić information content (AvgIpc) is 1.76. The minimum Gasteiger partial charge on any atom is -0.481 e. The van der Waals surface area contributed by atoms with Crippen molar-refractivity contribution in [2.45, 2.75) is 242 Å². The van der Waals surface area contributed by atoms with Gasteiger partial charge in [-0.05, 0) is 76.0 Å². The third-order valence-electron chi connectivity index (χ3n) is 19.0. The van der Waals surface area contributed by atoms with Gasteiger partial charge in [0.25, 0.3) is 0 Å². The van der Waals surface area contributed by atoms with Gasteiger partial charge in [-0.2, -0.15) is 0 Å². The molecule has 16 atom stereocenters. The van der Waals surface area contributed by atoms with Crippen LogP contribution in [-0.4, -0.2) is 272 Å². The van der Waals surface area contributed by atoms with Crippen molar-refractivity contribution in [3.8, 4) is 0 Å². The Bertz CT molecular complexity index is 3880. The summed E-state index contributed by atoms with van der Waals surface area (Å²) in [5.41, 5.74) is 17.8. The number of aliphatic carboxylic acids is 4. The lowest BCUT2D eigenvalue weighted by atomic mass is 9.94. The molecule has 3 rings (SSSR count). The normalized spacial score (nSPS) is 22.0. The van der Waals surface area contributed by atoms with Crippen molar-refractivity contribution in [3.63, 3.8) is 0 Å². The molecule has 1 aliphatic rings. The molecule has 1 aromatic heterocycles. The molecule has 0 radical (unpaired) electrons. The predicted octanol–water partition coefficient (Wildman–Crippen LogP) is -5.83. The molecule has 24 N–H and O–H groups in total. The fourth-order valence-electron chi connectivity index (χ4n) is 12.2. The van der Waals surface area contributed by atoms with Crippen molar-refractivity contribution >= 4 is 129 Å². The topological polar surface area (TPSA) is 702 Å². The number of H-pyrrole nitrogens is 1. The molecule has 650 valence electrons. The fourth-order valence-corrected chi connectivity index (χ4v) is 12.2. The number of para-hydroxylation sites is 1. The largest absolute Gasteiger partial charge is 0.481 e. The van der Waals surface area contributed by atoms with E-state index in [1.807, 2.05) is 10.6 Å². The summed E-state index contributed by atoms with van der Waals surface area (Å²) in [5, 5.41) is 78.4. The average molecular weight is 1660 g/mol. The van der Waals surface area contributed by atoms with Crippen molar-refractivity contribution in [1.82, 2.24) is 73.7 Å². The number of amides is 15. The number of aliphatic hydroxyl groups excluding tert-OH is 1. The number of primary amides is 2. The Balaban J connectivity index is 2.30. The van der Waals surface area contributed by atoms with Gasteiger partial charge in [0.2, 0.25) is 88.6 Å². The van der Waals surface area contributed by atoms with Gasteiger partial charge >= 0.3 is 29.8 Å². The number of aliphatic hydroxyl groups is 1. The monoisotopic (exact) mass is 1660 g/mol. The Morgan fingerprint density at radius 3 is 1.82 bits per heavy atom. The highest BCUT2D eigenvalue weighted by Crippen LogP contribution is 2.22. The quantitative estimate of drug-likeness (QED) is 0.0220. The third-order valence-corrected chi connectivity index (χ3v) is 19.0. The smallest absolute Gasteiger partial charge is 0.335 e. The number of nitrogens with two attached hydrogens (primary N) is 3. The van der Waals surface area contributed by atoms with Crippen LogP contribution in [0.4, 0.5) is 0 Å². The molecular formula is C73H111N17O27. The summed E-state index contributed by atoms with van der Waals surface area (Å²) in [6, 6.07) is -15.7. The number of esters is 1. The molecule has 44 heteroatoms. The number of hydrogen-bond donors (Lipinski definition) is 21. The number of methoxy groups -OCH3 is 1. The van der Waals surface area contributed by atoms with E-state index in [-0.39, 0.29) is 45.1 Å².